The molecule has 1 aliphatic rings. The normalized spacial score (nSPS) is 22.3. The summed E-state index contributed by atoms with van der Waals surface area (Å²) < 4.78 is 10.9. The molecule has 1 amide bonds. The molecule has 110 valence electrons. The van der Waals surface area contributed by atoms with Gasteiger partial charge in [-0.3, -0.25) is 9.78 Å². The summed E-state index contributed by atoms with van der Waals surface area (Å²) in [6, 6.07) is 5.33. The van der Waals surface area contributed by atoms with Crippen LogP contribution < -0.4 is 0 Å². The average Bonchev–Trinajstić information content (AvgIpc) is 2.96. The van der Waals surface area contributed by atoms with Crippen molar-refractivity contribution >= 4 is 5.91 Å². The van der Waals surface area contributed by atoms with Gasteiger partial charge >= 0.3 is 0 Å². The molecule has 6 nitrogen and oxygen atoms in total. The number of morpholine rings is 1. The van der Waals surface area contributed by atoms with Gasteiger partial charge in [-0.25, -0.2) is 0 Å². The first-order valence-electron chi connectivity index (χ1n) is 6.95. The van der Waals surface area contributed by atoms with Crippen LogP contribution >= 0.6 is 0 Å². The first kappa shape index (κ1) is 13.8. The van der Waals surface area contributed by atoms with E-state index in [-0.39, 0.29) is 18.1 Å². The van der Waals surface area contributed by atoms with Crippen LogP contribution in [0.4, 0.5) is 0 Å². The Morgan fingerprint density at radius 3 is 2.76 bits per heavy atom. The highest BCUT2D eigenvalue weighted by atomic mass is 16.5. The Labute approximate surface area is 122 Å². The van der Waals surface area contributed by atoms with E-state index in [9.17, 15) is 4.79 Å². The molecule has 0 spiro atoms. The molecule has 2 aromatic rings. The monoisotopic (exact) mass is 287 g/mol. The van der Waals surface area contributed by atoms with Crippen molar-refractivity contribution in [2.24, 2.45) is 0 Å². The lowest BCUT2D eigenvalue weighted by Crippen LogP contribution is -2.48. The second-order valence-corrected chi connectivity index (χ2v) is 5.29. The van der Waals surface area contributed by atoms with Crippen molar-refractivity contribution in [3.05, 3.63) is 36.3 Å². The van der Waals surface area contributed by atoms with Crippen molar-refractivity contribution in [2.75, 3.05) is 13.1 Å². The summed E-state index contributed by atoms with van der Waals surface area (Å²) in [6.07, 6.45) is 3.42. The molecule has 0 radical (unpaired) electrons. The first-order chi connectivity index (χ1) is 10.1. The molecular weight excluding hydrogens is 270 g/mol. The predicted molar refractivity (Wildman–Crippen MR) is 75.6 cm³/mol. The van der Waals surface area contributed by atoms with Crippen molar-refractivity contribution in [1.29, 1.82) is 0 Å². The first-order valence-corrected chi connectivity index (χ1v) is 6.95. The zero-order chi connectivity index (χ0) is 14.8. The topological polar surface area (TPSA) is 68.5 Å². The smallest absolute Gasteiger partial charge is 0.276 e. The van der Waals surface area contributed by atoms with Crippen molar-refractivity contribution in [1.82, 2.24) is 15.0 Å². The van der Waals surface area contributed by atoms with Crippen LogP contribution in [0.1, 0.15) is 24.3 Å². The maximum absolute atomic E-state index is 12.5. The number of amides is 1. The number of ether oxygens (including phenoxy) is 1. The molecule has 0 unspecified atom stereocenters. The average molecular weight is 287 g/mol. The molecule has 3 heterocycles. The summed E-state index contributed by atoms with van der Waals surface area (Å²) in [5.74, 6) is 0.414. The summed E-state index contributed by atoms with van der Waals surface area (Å²) >= 11 is 0. The van der Waals surface area contributed by atoms with Crippen molar-refractivity contribution in [3.63, 3.8) is 0 Å². The summed E-state index contributed by atoms with van der Waals surface area (Å²) in [5.41, 5.74) is 1.11. The Balaban J connectivity index is 1.78. The third-order valence-electron chi connectivity index (χ3n) is 3.38. The Bertz CT molecular complexity index is 616. The third kappa shape index (κ3) is 2.95. The molecule has 0 N–H and O–H groups in total. The third-order valence-corrected chi connectivity index (χ3v) is 3.38. The lowest BCUT2D eigenvalue weighted by atomic mass is 10.2. The molecule has 2 aromatic heterocycles. The van der Waals surface area contributed by atoms with Gasteiger partial charge in [0, 0.05) is 37.1 Å². The van der Waals surface area contributed by atoms with E-state index in [0.717, 1.165) is 5.56 Å². The number of carbonyl (C=O) groups excluding carboxylic acids is 1. The van der Waals surface area contributed by atoms with Crippen molar-refractivity contribution in [3.8, 4) is 11.3 Å². The van der Waals surface area contributed by atoms with Gasteiger partial charge in [-0.1, -0.05) is 5.16 Å². The van der Waals surface area contributed by atoms with Gasteiger partial charge in [-0.05, 0) is 26.0 Å². The summed E-state index contributed by atoms with van der Waals surface area (Å²) in [5, 5.41) is 3.88. The molecule has 6 heteroatoms. The van der Waals surface area contributed by atoms with Gasteiger partial charge in [0.25, 0.3) is 5.91 Å². The van der Waals surface area contributed by atoms with Crippen LogP contribution in [0.25, 0.3) is 11.3 Å². The molecule has 1 aliphatic heterocycles. The van der Waals surface area contributed by atoms with E-state index >= 15 is 0 Å². The van der Waals surface area contributed by atoms with Gasteiger partial charge in [0.15, 0.2) is 11.5 Å². The number of aromatic nitrogens is 2. The molecule has 2 atom stereocenters. The van der Waals surface area contributed by atoms with Crippen LogP contribution in [0.2, 0.25) is 0 Å². The van der Waals surface area contributed by atoms with Gasteiger partial charge in [0.05, 0.1) is 12.2 Å². The highest BCUT2D eigenvalue weighted by molar-refractivity contribution is 5.93. The van der Waals surface area contributed by atoms with E-state index in [1.54, 1.807) is 23.4 Å². The number of nitrogens with zero attached hydrogens (tertiary/aromatic N) is 3. The molecule has 0 aromatic carbocycles. The van der Waals surface area contributed by atoms with E-state index in [2.05, 4.69) is 10.1 Å². The van der Waals surface area contributed by atoms with E-state index in [4.69, 9.17) is 9.26 Å². The highest BCUT2D eigenvalue weighted by Crippen LogP contribution is 2.21. The van der Waals surface area contributed by atoms with Gasteiger partial charge in [-0.15, -0.1) is 0 Å². The molecule has 1 fully saturated rings. The maximum atomic E-state index is 12.5. The maximum Gasteiger partial charge on any atom is 0.276 e. The van der Waals surface area contributed by atoms with E-state index in [1.807, 2.05) is 26.0 Å². The SMILES string of the molecule is C[C@@H]1CN(C(=O)c2cc(-c3cccnc3)on2)C[C@@H](C)O1. The van der Waals surface area contributed by atoms with E-state index < -0.39 is 0 Å². The number of hydrogen-bond donors (Lipinski definition) is 0. The minimum Gasteiger partial charge on any atom is -0.372 e. The number of carbonyl (C=O) groups is 1. The minimum absolute atomic E-state index is 0.0300. The van der Waals surface area contributed by atoms with Crippen LogP contribution in [0.5, 0.6) is 0 Å². The Kier molecular flexibility index (Phi) is 3.70. The van der Waals surface area contributed by atoms with Gasteiger partial charge in [0.1, 0.15) is 0 Å². The molecule has 0 aliphatic carbocycles. The van der Waals surface area contributed by atoms with Crippen molar-refractivity contribution in [2.45, 2.75) is 26.1 Å². The fourth-order valence-corrected chi connectivity index (χ4v) is 2.53. The fraction of sp³-hybridized carbons (Fsp3) is 0.400. The van der Waals surface area contributed by atoms with Crippen LogP contribution in [-0.4, -0.2) is 46.2 Å². The summed E-state index contributed by atoms with van der Waals surface area (Å²) in [4.78, 5) is 18.2. The molecule has 1 saturated heterocycles. The fourth-order valence-electron chi connectivity index (χ4n) is 2.53. The Hall–Kier alpha value is -2.21. The standard InChI is InChI=1S/C15H17N3O3/c1-10-8-18(9-11(2)20-10)15(19)13-6-14(21-17-13)12-4-3-5-16-7-12/h3-7,10-11H,8-9H2,1-2H3/t10-,11-/m1/s1. The zero-order valence-corrected chi connectivity index (χ0v) is 12.0. The molecule has 3 rings (SSSR count). The van der Waals surface area contributed by atoms with Crippen LogP contribution in [-0.2, 0) is 4.74 Å². The lowest BCUT2D eigenvalue weighted by molar-refractivity contribution is -0.0588. The lowest BCUT2D eigenvalue weighted by Gasteiger charge is -2.34. The largest absolute Gasteiger partial charge is 0.372 e. The number of pyridine rings is 1. The molecular formula is C15H17N3O3. The highest BCUT2D eigenvalue weighted by Gasteiger charge is 2.28. The quantitative estimate of drug-likeness (QED) is 0.845. The zero-order valence-electron chi connectivity index (χ0n) is 12.0. The van der Waals surface area contributed by atoms with Crippen molar-refractivity contribution < 1.29 is 14.1 Å². The van der Waals surface area contributed by atoms with Gasteiger partial charge in [-0.2, -0.15) is 0 Å². The predicted octanol–water partition coefficient (Wildman–Crippen LogP) is 1.99. The molecule has 0 saturated carbocycles. The molecule has 21 heavy (non-hydrogen) atoms. The Morgan fingerprint density at radius 1 is 1.33 bits per heavy atom. The van der Waals surface area contributed by atoms with Crippen LogP contribution in [0.3, 0.4) is 0 Å². The molecule has 0 bridgehead atoms. The Morgan fingerprint density at radius 2 is 2.10 bits per heavy atom. The second kappa shape index (κ2) is 5.65. The van der Waals surface area contributed by atoms with Crippen LogP contribution in [0.15, 0.2) is 35.1 Å². The summed E-state index contributed by atoms with van der Waals surface area (Å²) in [6.45, 7) is 5.05. The number of hydrogen-bond acceptors (Lipinski definition) is 5. The number of rotatable bonds is 2. The van der Waals surface area contributed by atoms with E-state index in [1.165, 1.54) is 0 Å². The summed E-state index contributed by atoms with van der Waals surface area (Å²) in [7, 11) is 0. The van der Waals surface area contributed by atoms with Gasteiger partial charge < -0.3 is 14.2 Å². The van der Waals surface area contributed by atoms with E-state index in [0.29, 0.717) is 24.5 Å². The van der Waals surface area contributed by atoms with Crippen LogP contribution in [0, 0.1) is 0 Å². The van der Waals surface area contributed by atoms with Gasteiger partial charge in [0.2, 0.25) is 0 Å². The minimum atomic E-state index is -0.129. The second-order valence-electron chi connectivity index (χ2n) is 5.29.